The lowest BCUT2D eigenvalue weighted by atomic mass is 10.2. The number of hydrogen-bond donors (Lipinski definition) is 1. The fourth-order valence-electron chi connectivity index (χ4n) is 3.24. The fraction of sp³-hybridized carbons (Fsp3) is 0.579. The molecule has 25 heavy (non-hydrogen) atoms. The Labute approximate surface area is 151 Å². The molecule has 6 heteroatoms. The van der Waals surface area contributed by atoms with Gasteiger partial charge in [0.1, 0.15) is 0 Å². The molecule has 0 aliphatic carbocycles. The van der Waals surface area contributed by atoms with Crippen LogP contribution >= 0.6 is 0 Å². The highest BCUT2D eigenvalue weighted by Crippen LogP contribution is 2.18. The second-order valence-corrected chi connectivity index (χ2v) is 6.80. The highest BCUT2D eigenvalue weighted by atomic mass is 16.2. The van der Waals surface area contributed by atoms with Gasteiger partial charge in [0.15, 0.2) is 0 Å². The molecule has 0 saturated carbocycles. The van der Waals surface area contributed by atoms with E-state index >= 15 is 0 Å². The van der Waals surface area contributed by atoms with Gasteiger partial charge in [0, 0.05) is 31.4 Å². The molecular formula is C19H29N5O. The number of nitriles is 1. The molecule has 1 aromatic carbocycles. The van der Waals surface area contributed by atoms with Crippen LogP contribution in [-0.4, -0.2) is 73.6 Å². The summed E-state index contributed by atoms with van der Waals surface area (Å²) in [6.45, 7) is 6.57. The number of benzene rings is 1. The largest absolute Gasteiger partial charge is 0.322 e. The lowest BCUT2D eigenvalue weighted by Gasteiger charge is -2.31. The summed E-state index contributed by atoms with van der Waals surface area (Å²) in [6.07, 6.45) is 2.34. The minimum atomic E-state index is -0.0973. The molecule has 0 spiro atoms. The van der Waals surface area contributed by atoms with Crippen LogP contribution in [0.1, 0.15) is 25.3 Å². The van der Waals surface area contributed by atoms with Crippen molar-refractivity contribution >= 4 is 11.7 Å². The predicted octanol–water partition coefficient (Wildman–Crippen LogP) is 2.44. The molecule has 1 aliphatic rings. The second kappa shape index (κ2) is 9.40. The maximum atomic E-state index is 12.8. The second-order valence-electron chi connectivity index (χ2n) is 6.80. The van der Waals surface area contributed by atoms with Crippen LogP contribution in [0.3, 0.4) is 0 Å². The smallest absolute Gasteiger partial charge is 0.321 e. The topological polar surface area (TPSA) is 62.6 Å². The SMILES string of the molecule is CCN1CCC[C@@H]1CN(CCN(C)C)C(=O)Nc1cccc(C#N)c1. The lowest BCUT2D eigenvalue weighted by molar-refractivity contribution is 0.172. The number of carbonyl (C=O) groups is 1. The molecule has 1 heterocycles. The highest BCUT2D eigenvalue weighted by molar-refractivity contribution is 5.89. The summed E-state index contributed by atoms with van der Waals surface area (Å²) in [4.78, 5) is 19.2. The predicted molar refractivity (Wildman–Crippen MR) is 101 cm³/mol. The van der Waals surface area contributed by atoms with Crippen LogP contribution in [-0.2, 0) is 0 Å². The Balaban J connectivity index is 2.05. The standard InChI is InChI=1S/C19H29N5O/c1-4-23-10-6-9-18(23)15-24(12-11-22(2)3)19(25)21-17-8-5-7-16(13-17)14-20/h5,7-8,13,18H,4,6,9-12,15H2,1-3H3,(H,21,25)/t18-/m1/s1. The number of likely N-dealkylation sites (tertiary alicyclic amines) is 1. The summed E-state index contributed by atoms with van der Waals surface area (Å²) in [5.74, 6) is 0. The first kappa shape index (κ1) is 19.2. The molecule has 1 saturated heterocycles. The van der Waals surface area contributed by atoms with E-state index in [1.165, 1.54) is 6.42 Å². The zero-order chi connectivity index (χ0) is 18.2. The van der Waals surface area contributed by atoms with Crippen molar-refractivity contribution in [2.45, 2.75) is 25.8 Å². The summed E-state index contributed by atoms with van der Waals surface area (Å²) in [5, 5.41) is 12.0. The summed E-state index contributed by atoms with van der Waals surface area (Å²) < 4.78 is 0. The molecule has 0 unspecified atom stereocenters. The average molecular weight is 343 g/mol. The van der Waals surface area contributed by atoms with Gasteiger partial charge in [-0.2, -0.15) is 5.26 Å². The first-order valence-electron chi connectivity index (χ1n) is 8.98. The van der Waals surface area contributed by atoms with Crippen LogP contribution < -0.4 is 5.32 Å². The molecule has 0 bridgehead atoms. The van der Waals surface area contributed by atoms with Gasteiger partial charge >= 0.3 is 6.03 Å². The highest BCUT2D eigenvalue weighted by Gasteiger charge is 2.27. The molecule has 1 aromatic rings. The van der Waals surface area contributed by atoms with E-state index in [0.717, 1.165) is 32.6 Å². The first-order valence-corrected chi connectivity index (χ1v) is 8.98. The maximum absolute atomic E-state index is 12.8. The molecule has 136 valence electrons. The molecule has 6 nitrogen and oxygen atoms in total. The number of nitrogens with one attached hydrogen (secondary N) is 1. The van der Waals surface area contributed by atoms with Crippen molar-refractivity contribution in [2.24, 2.45) is 0 Å². The van der Waals surface area contributed by atoms with Crippen LogP contribution in [0, 0.1) is 11.3 Å². The van der Waals surface area contributed by atoms with Gasteiger partial charge in [0.25, 0.3) is 0 Å². The fourth-order valence-corrected chi connectivity index (χ4v) is 3.24. The maximum Gasteiger partial charge on any atom is 0.321 e. The van der Waals surface area contributed by atoms with Crippen molar-refractivity contribution in [3.05, 3.63) is 29.8 Å². The lowest BCUT2D eigenvalue weighted by Crippen LogP contribution is -2.46. The molecule has 1 atom stereocenters. The normalized spacial score (nSPS) is 17.5. The number of hydrogen-bond acceptors (Lipinski definition) is 4. The number of amides is 2. The minimum Gasteiger partial charge on any atom is -0.322 e. The van der Waals surface area contributed by atoms with Crippen LogP contribution in [0.25, 0.3) is 0 Å². The van der Waals surface area contributed by atoms with Gasteiger partial charge in [0.05, 0.1) is 11.6 Å². The quantitative estimate of drug-likeness (QED) is 0.826. The summed E-state index contributed by atoms with van der Waals surface area (Å²) in [6, 6.07) is 9.48. The number of nitrogens with zero attached hydrogens (tertiary/aromatic N) is 4. The minimum absolute atomic E-state index is 0.0973. The van der Waals surface area contributed by atoms with Crippen molar-refractivity contribution in [3.8, 4) is 6.07 Å². The van der Waals surface area contributed by atoms with Crippen molar-refractivity contribution in [3.63, 3.8) is 0 Å². The molecule has 0 aromatic heterocycles. The summed E-state index contributed by atoms with van der Waals surface area (Å²) in [5.41, 5.74) is 1.21. The molecule has 1 aliphatic heterocycles. The van der Waals surface area contributed by atoms with E-state index < -0.39 is 0 Å². The number of carbonyl (C=O) groups excluding carboxylic acids is 1. The zero-order valence-corrected chi connectivity index (χ0v) is 15.5. The van der Waals surface area contributed by atoms with Crippen molar-refractivity contribution in [2.75, 3.05) is 52.1 Å². The first-order chi connectivity index (χ1) is 12.0. The Morgan fingerprint density at radius 3 is 2.88 bits per heavy atom. The Morgan fingerprint density at radius 1 is 1.40 bits per heavy atom. The van der Waals surface area contributed by atoms with E-state index in [1.807, 2.05) is 25.1 Å². The summed E-state index contributed by atoms with van der Waals surface area (Å²) in [7, 11) is 4.03. The Bertz CT molecular complexity index is 610. The summed E-state index contributed by atoms with van der Waals surface area (Å²) >= 11 is 0. The van der Waals surface area contributed by atoms with E-state index in [9.17, 15) is 4.79 Å². The molecule has 1 N–H and O–H groups in total. The molecule has 2 rings (SSSR count). The molecular weight excluding hydrogens is 314 g/mol. The van der Waals surface area contributed by atoms with Crippen LogP contribution in [0.2, 0.25) is 0 Å². The van der Waals surface area contributed by atoms with E-state index in [2.05, 4.69) is 28.1 Å². The van der Waals surface area contributed by atoms with Gasteiger partial charge in [-0.15, -0.1) is 0 Å². The number of likely N-dealkylation sites (N-methyl/N-ethyl adjacent to an activating group) is 2. The van der Waals surface area contributed by atoms with Crippen molar-refractivity contribution in [1.82, 2.24) is 14.7 Å². The van der Waals surface area contributed by atoms with Gasteiger partial charge in [-0.05, 0) is 58.2 Å². The van der Waals surface area contributed by atoms with Gasteiger partial charge in [-0.1, -0.05) is 13.0 Å². The van der Waals surface area contributed by atoms with E-state index in [4.69, 9.17) is 5.26 Å². The Morgan fingerprint density at radius 2 is 2.20 bits per heavy atom. The monoisotopic (exact) mass is 343 g/mol. The van der Waals surface area contributed by atoms with Gasteiger partial charge in [-0.3, -0.25) is 4.90 Å². The molecule has 2 amide bonds. The van der Waals surface area contributed by atoms with Crippen LogP contribution in [0.4, 0.5) is 10.5 Å². The van der Waals surface area contributed by atoms with E-state index in [0.29, 0.717) is 23.8 Å². The molecule has 1 fully saturated rings. The third-order valence-corrected chi connectivity index (χ3v) is 4.68. The number of urea groups is 1. The van der Waals surface area contributed by atoms with Gasteiger partial charge in [-0.25, -0.2) is 4.79 Å². The van der Waals surface area contributed by atoms with Gasteiger partial charge < -0.3 is 15.1 Å². The third kappa shape index (κ3) is 5.73. The van der Waals surface area contributed by atoms with E-state index in [1.54, 1.807) is 18.2 Å². The third-order valence-electron chi connectivity index (χ3n) is 4.68. The van der Waals surface area contributed by atoms with Crippen molar-refractivity contribution in [1.29, 1.82) is 5.26 Å². The molecule has 0 radical (unpaired) electrons. The average Bonchev–Trinajstić information content (AvgIpc) is 3.05. The Hall–Kier alpha value is -2.10. The number of anilines is 1. The number of rotatable bonds is 7. The Kier molecular flexibility index (Phi) is 7.23. The van der Waals surface area contributed by atoms with Crippen molar-refractivity contribution < 1.29 is 4.79 Å². The van der Waals surface area contributed by atoms with Crippen LogP contribution in [0.5, 0.6) is 0 Å². The zero-order valence-electron chi connectivity index (χ0n) is 15.5. The van der Waals surface area contributed by atoms with Gasteiger partial charge in [0.2, 0.25) is 0 Å². The van der Waals surface area contributed by atoms with Crippen LogP contribution in [0.15, 0.2) is 24.3 Å². The van der Waals surface area contributed by atoms with E-state index in [-0.39, 0.29) is 6.03 Å².